The predicted molar refractivity (Wildman–Crippen MR) is 116 cm³/mol. The first-order valence-corrected chi connectivity index (χ1v) is 11.5. The Morgan fingerprint density at radius 2 is 1.70 bits per heavy atom. The number of sulfone groups is 1. The van der Waals surface area contributed by atoms with Crippen LogP contribution in [0.3, 0.4) is 0 Å². The molecule has 7 nitrogen and oxygen atoms in total. The number of halogens is 1. The van der Waals surface area contributed by atoms with Crippen LogP contribution in [0.15, 0.2) is 80.7 Å². The Balaban J connectivity index is 1.52. The molecule has 2 N–H and O–H groups in total. The Morgan fingerprint density at radius 3 is 2.40 bits per heavy atom. The van der Waals surface area contributed by atoms with E-state index in [1.807, 2.05) is 0 Å². The molecule has 0 spiro atoms. The Bertz CT molecular complexity index is 1140. The molecule has 3 rings (SSSR count). The van der Waals surface area contributed by atoms with Gasteiger partial charge >= 0.3 is 0 Å². The summed E-state index contributed by atoms with van der Waals surface area (Å²) >= 11 is 3.13. The van der Waals surface area contributed by atoms with Crippen LogP contribution < -0.4 is 10.6 Å². The van der Waals surface area contributed by atoms with Crippen LogP contribution in [0.2, 0.25) is 0 Å². The van der Waals surface area contributed by atoms with Gasteiger partial charge in [-0.1, -0.05) is 24.3 Å². The largest absolute Gasteiger partial charge is 0.444 e. The number of hydrogen-bond acceptors (Lipinski definition) is 5. The molecular weight excluding hydrogens is 472 g/mol. The van der Waals surface area contributed by atoms with Crippen LogP contribution in [0, 0.1) is 0 Å². The Labute approximate surface area is 182 Å². The van der Waals surface area contributed by atoms with Crippen molar-refractivity contribution in [3.8, 4) is 0 Å². The van der Waals surface area contributed by atoms with Gasteiger partial charge in [-0.3, -0.25) is 9.59 Å². The molecule has 0 radical (unpaired) electrons. The number of carbonyl (C=O) groups excluding carboxylic acids is 2. The number of nitrogens with one attached hydrogen (secondary N) is 2. The topological polar surface area (TPSA) is 105 Å². The molecule has 2 aromatic carbocycles. The highest BCUT2D eigenvalue weighted by Crippen LogP contribution is 2.17. The van der Waals surface area contributed by atoms with E-state index >= 15 is 0 Å². The van der Waals surface area contributed by atoms with Crippen molar-refractivity contribution in [2.24, 2.45) is 0 Å². The Morgan fingerprint density at radius 1 is 0.933 bits per heavy atom. The zero-order valence-corrected chi connectivity index (χ0v) is 18.2. The molecule has 0 aliphatic heterocycles. The lowest BCUT2D eigenvalue weighted by Gasteiger charge is -2.08. The molecule has 0 saturated carbocycles. The summed E-state index contributed by atoms with van der Waals surface area (Å²) in [6, 6.07) is 17.8. The van der Waals surface area contributed by atoms with Crippen molar-refractivity contribution in [2.45, 2.75) is 11.3 Å². The smallest absolute Gasteiger partial charge is 0.291 e. The summed E-state index contributed by atoms with van der Waals surface area (Å²) < 4.78 is 30.1. The van der Waals surface area contributed by atoms with E-state index in [2.05, 4.69) is 26.6 Å². The van der Waals surface area contributed by atoms with Crippen molar-refractivity contribution in [1.29, 1.82) is 0 Å². The average molecular weight is 491 g/mol. The molecule has 0 aliphatic carbocycles. The number of hydrogen-bond donors (Lipinski definition) is 2. The minimum absolute atomic E-state index is 0.0634. The van der Waals surface area contributed by atoms with Gasteiger partial charge in [0.05, 0.1) is 10.6 Å². The molecule has 0 fully saturated rings. The van der Waals surface area contributed by atoms with Gasteiger partial charge in [0.15, 0.2) is 20.3 Å². The quantitative estimate of drug-likeness (QED) is 0.466. The van der Waals surface area contributed by atoms with Crippen LogP contribution in [0.1, 0.15) is 27.3 Å². The molecule has 0 unspecified atom stereocenters. The molecule has 9 heteroatoms. The third kappa shape index (κ3) is 5.80. The fourth-order valence-corrected chi connectivity index (χ4v) is 4.32. The van der Waals surface area contributed by atoms with Gasteiger partial charge in [-0.05, 0) is 64.8 Å². The Hall–Kier alpha value is -2.91. The van der Waals surface area contributed by atoms with Gasteiger partial charge in [-0.15, -0.1) is 0 Å². The number of carbonyl (C=O) groups is 2. The summed E-state index contributed by atoms with van der Waals surface area (Å²) in [7, 11) is -3.38. The number of amides is 2. The first-order valence-electron chi connectivity index (χ1n) is 9.08. The third-order valence-corrected chi connectivity index (χ3v) is 6.40. The van der Waals surface area contributed by atoms with Crippen molar-refractivity contribution in [3.05, 3.63) is 82.7 Å². The first-order chi connectivity index (χ1) is 14.3. The second kappa shape index (κ2) is 9.73. The monoisotopic (exact) mass is 490 g/mol. The fourth-order valence-electron chi connectivity index (χ4n) is 2.68. The van der Waals surface area contributed by atoms with Crippen molar-refractivity contribution in [3.63, 3.8) is 0 Å². The number of furan rings is 1. The molecule has 0 aliphatic rings. The SMILES string of the molecule is O=C(NCCCS(=O)(=O)c1ccccc1)c1cccc(NC(=O)c2ccc(Br)o2)c1. The molecule has 0 atom stereocenters. The van der Waals surface area contributed by atoms with E-state index in [0.717, 1.165) is 0 Å². The van der Waals surface area contributed by atoms with Crippen LogP contribution in [-0.2, 0) is 9.84 Å². The number of rotatable bonds is 8. The lowest BCUT2D eigenvalue weighted by atomic mass is 10.2. The van der Waals surface area contributed by atoms with Gasteiger partial charge in [-0.2, -0.15) is 0 Å². The van der Waals surface area contributed by atoms with Gasteiger partial charge in [0.25, 0.3) is 11.8 Å². The van der Waals surface area contributed by atoms with Crippen LogP contribution in [0.4, 0.5) is 5.69 Å². The van der Waals surface area contributed by atoms with E-state index in [9.17, 15) is 18.0 Å². The average Bonchev–Trinajstić information content (AvgIpc) is 3.18. The maximum Gasteiger partial charge on any atom is 0.291 e. The van der Waals surface area contributed by atoms with Crippen LogP contribution >= 0.6 is 15.9 Å². The van der Waals surface area contributed by atoms with Gasteiger partial charge in [-0.25, -0.2) is 8.42 Å². The van der Waals surface area contributed by atoms with Crippen LogP contribution in [0.25, 0.3) is 0 Å². The third-order valence-electron chi connectivity index (χ3n) is 4.16. The highest BCUT2D eigenvalue weighted by molar-refractivity contribution is 9.10. The minimum atomic E-state index is -3.38. The molecule has 30 heavy (non-hydrogen) atoms. The summed E-state index contributed by atoms with van der Waals surface area (Å²) in [6.45, 7) is 0.210. The van der Waals surface area contributed by atoms with E-state index < -0.39 is 15.7 Å². The maximum atomic E-state index is 12.4. The van der Waals surface area contributed by atoms with E-state index in [1.165, 1.54) is 12.1 Å². The predicted octanol–water partition coefficient (Wildman–Crippen LogP) is 3.89. The van der Waals surface area contributed by atoms with Crippen molar-refractivity contribution in [2.75, 3.05) is 17.6 Å². The molecule has 1 aromatic heterocycles. The van der Waals surface area contributed by atoms with Crippen LogP contribution in [0.5, 0.6) is 0 Å². The molecular formula is C21H19BrN2O5S. The first kappa shape index (κ1) is 21.8. The summed E-state index contributed by atoms with van der Waals surface area (Å²) in [5.41, 5.74) is 0.783. The van der Waals surface area contributed by atoms with Gasteiger partial charge in [0, 0.05) is 17.8 Å². The standard InChI is InChI=1S/C21H19BrN2O5S/c22-19-11-10-18(29-19)21(26)24-16-7-4-6-15(14-16)20(25)23-12-5-13-30(27,28)17-8-2-1-3-9-17/h1-4,6-11,14H,5,12-13H2,(H,23,25)(H,24,26). The lowest BCUT2D eigenvalue weighted by molar-refractivity contribution is 0.0951. The van der Waals surface area contributed by atoms with Crippen molar-refractivity contribution < 1.29 is 22.4 Å². The van der Waals surface area contributed by atoms with E-state index in [-0.39, 0.29) is 35.3 Å². The summed E-state index contributed by atoms with van der Waals surface area (Å²) in [6.07, 6.45) is 0.284. The molecule has 0 bridgehead atoms. The molecule has 1 heterocycles. The summed E-state index contributed by atoms with van der Waals surface area (Å²) in [5.74, 6) is -0.726. The van der Waals surface area contributed by atoms with E-state index in [0.29, 0.717) is 15.9 Å². The highest BCUT2D eigenvalue weighted by atomic mass is 79.9. The van der Waals surface area contributed by atoms with Crippen molar-refractivity contribution in [1.82, 2.24) is 5.32 Å². The van der Waals surface area contributed by atoms with Crippen LogP contribution in [-0.4, -0.2) is 32.5 Å². The van der Waals surface area contributed by atoms with Gasteiger partial charge in [0.2, 0.25) is 0 Å². The minimum Gasteiger partial charge on any atom is -0.444 e. The Kier molecular flexibility index (Phi) is 7.07. The van der Waals surface area contributed by atoms with Gasteiger partial charge < -0.3 is 15.1 Å². The zero-order chi connectivity index (χ0) is 21.6. The molecule has 2 amide bonds. The van der Waals surface area contributed by atoms with Gasteiger partial charge in [0.1, 0.15) is 0 Å². The second-order valence-electron chi connectivity index (χ2n) is 6.38. The summed E-state index contributed by atoms with van der Waals surface area (Å²) in [4.78, 5) is 24.8. The highest BCUT2D eigenvalue weighted by Gasteiger charge is 2.14. The fraction of sp³-hybridized carbons (Fsp3) is 0.143. The second-order valence-corrected chi connectivity index (χ2v) is 9.27. The molecule has 0 saturated heterocycles. The van der Waals surface area contributed by atoms with E-state index in [1.54, 1.807) is 54.6 Å². The lowest BCUT2D eigenvalue weighted by Crippen LogP contribution is -2.26. The van der Waals surface area contributed by atoms with E-state index in [4.69, 9.17) is 4.42 Å². The summed E-state index contributed by atoms with van der Waals surface area (Å²) in [5, 5.41) is 5.36. The zero-order valence-electron chi connectivity index (χ0n) is 15.8. The number of anilines is 1. The molecule has 156 valence electrons. The number of benzene rings is 2. The van der Waals surface area contributed by atoms with Crippen molar-refractivity contribution >= 4 is 43.3 Å². The normalized spacial score (nSPS) is 11.1. The molecule has 3 aromatic rings. The maximum absolute atomic E-state index is 12.4.